The van der Waals surface area contributed by atoms with Gasteiger partial charge in [-0.1, -0.05) is 55.6 Å². The Balaban J connectivity index is 1.73. The van der Waals surface area contributed by atoms with Crippen molar-refractivity contribution >= 4 is 23.3 Å². The minimum absolute atomic E-state index is 0.0779. The lowest BCUT2D eigenvalue weighted by atomic mass is 10.1. The summed E-state index contributed by atoms with van der Waals surface area (Å²) in [6.45, 7) is -0.0779. The normalized spacial score (nSPS) is 23.1. The van der Waals surface area contributed by atoms with Crippen molar-refractivity contribution in [2.24, 2.45) is 4.99 Å². The highest BCUT2D eigenvalue weighted by Crippen LogP contribution is 2.34. The van der Waals surface area contributed by atoms with Crippen molar-refractivity contribution in [2.75, 3.05) is 12.8 Å². The Kier molecular flexibility index (Phi) is 6.91. The summed E-state index contributed by atoms with van der Waals surface area (Å²) in [6.07, 6.45) is 2.96. The van der Waals surface area contributed by atoms with E-state index in [1.807, 2.05) is 11.9 Å². The van der Waals surface area contributed by atoms with E-state index < -0.39 is 11.7 Å². The van der Waals surface area contributed by atoms with Crippen LogP contribution in [-0.4, -0.2) is 46.4 Å². The van der Waals surface area contributed by atoms with Crippen LogP contribution < -0.4 is 0 Å². The van der Waals surface area contributed by atoms with Crippen molar-refractivity contribution in [3.63, 3.8) is 0 Å². The molecule has 0 bridgehead atoms. The van der Waals surface area contributed by atoms with Gasteiger partial charge >= 0.3 is 6.18 Å². The Morgan fingerprint density at radius 1 is 1.21 bits per heavy atom. The van der Waals surface area contributed by atoms with E-state index in [0.717, 1.165) is 24.1 Å². The predicted octanol–water partition coefficient (Wildman–Crippen LogP) is 4.75. The van der Waals surface area contributed by atoms with Crippen LogP contribution in [-0.2, 0) is 17.5 Å². The number of alkyl halides is 3. The number of amides is 1. The Morgan fingerprint density at radius 2 is 1.89 bits per heavy atom. The third-order valence-corrected chi connectivity index (χ3v) is 6.54. The van der Waals surface area contributed by atoms with Gasteiger partial charge in [0.15, 0.2) is 5.17 Å². The number of benzene rings is 1. The molecular weight excluding hydrogens is 387 g/mol. The van der Waals surface area contributed by atoms with Gasteiger partial charge in [-0.2, -0.15) is 13.2 Å². The van der Waals surface area contributed by atoms with Crippen molar-refractivity contribution in [1.29, 1.82) is 0 Å². The van der Waals surface area contributed by atoms with E-state index >= 15 is 0 Å². The molecule has 1 unspecified atom stereocenters. The van der Waals surface area contributed by atoms with Gasteiger partial charge < -0.3 is 9.80 Å². The lowest BCUT2D eigenvalue weighted by Crippen LogP contribution is -2.45. The molecule has 1 aliphatic heterocycles. The van der Waals surface area contributed by atoms with Gasteiger partial charge in [0.1, 0.15) is 6.17 Å². The Bertz CT molecular complexity index is 702. The van der Waals surface area contributed by atoms with Gasteiger partial charge in [0.25, 0.3) is 0 Å². The molecule has 0 spiro atoms. The predicted molar refractivity (Wildman–Crippen MR) is 106 cm³/mol. The molecule has 2 aliphatic rings. The van der Waals surface area contributed by atoms with Gasteiger partial charge in [-0.3, -0.25) is 9.79 Å². The smallest absolute Gasteiger partial charge is 0.333 e. The van der Waals surface area contributed by atoms with Gasteiger partial charge in [0.2, 0.25) is 6.41 Å². The van der Waals surface area contributed by atoms with E-state index in [0.29, 0.717) is 18.2 Å². The lowest BCUT2D eigenvalue weighted by Gasteiger charge is -2.31. The number of amidine groups is 1. The minimum atomic E-state index is -4.44. The molecule has 2 fully saturated rings. The van der Waals surface area contributed by atoms with Gasteiger partial charge in [0.05, 0.1) is 11.6 Å². The number of aliphatic imine (C=N–C) groups is 1. The fourth-order valence-corrected chi connectivity index (χ4v) is 5.09. The summed E-state index contributed by atoms with van der Waals surface area (Å²) in [5, 5.41) is 0.882. The van der Waals surface area contributed by atoms with E-state index in [4.69, 9.17) is 4.99 Å². The SMILES string of the molecule is CN1C(=NC2CCCCCC2)SCC1N(C=O)Cc1ccccc1C(F)(F)F. The number of rotatable bonds is 5. The number of hydrogen-bond donors (Lipinski definition) is 0. The summed E-state index contributed by atoms with van der Waals surface area (Å²) in [5.74, 6) is 0.606. The van der Waals surface area contributed by atoms with Crippen LogP contribution in [0, 0.1) is 0 Å². The summed E-state index contributed by atoms with van der Waals surface area (Å²) in [4.78, 5) is 20.0. The van der Waals surface area contributed by atoms with Gasteiger partial charge in [-0.05, 0) is 24.5 Å². The number of carbonyl (C=O) groups excluding carboxylic acids is 1. The minimum Gasteiger partial charge on any atom is -0.333 e. The maximum atomic E-state index is 13.3. The van der Waals surface area contributed by atoms with Crippen LogP contribution in [0.5, 0.6) is 0 Å². The quantitative estimate of drug-likeness (QED) is 0.516. The molecule has 1 aromatic carbocycles. The highest BCUT2D eigenvalue weighted by molar-refractivity contribution is 8.14. The molecule has 154 valence electrons. The third-order valence-electron chi connectivity index (χ3n) is 5.42. The average Bonchev–Trinajstić information content (AvgIpc) is 2.85. The molecule has 1 heterocycles. The van der Waals surface area contributed by atoms with Crippen LogP contribution >= 0.6 is 11.8 Å². The number of carbonyl (C=O) groups is 1. The van der Waals surface area contributed by atoms with Gasteiger partial charge in [0, 0.05) is 19.3 Å². The second kappa shape index (κ2) is 9.20. The largest absolute Gasteiger partial charge is 0.416 e. The van der Waals surface area contributed by atoms with Crippen LogP contribution in [0.1, 0.15) is 49.7 Å². The molecule has 1 aromatic rings. The first-order chi connectivity index (χ1) is 13.4. The van der Waals surface area contributed by atoms with Crippen LogP contribution in [0.15, 0.2) is 29.3 Å². The fraction of sp³-hybridized carbons (Fsp3) is 0.600. The van der Waals surface area contributed by atoms with Gasteiger partial charge in [-0.15, -0.1) is 0 Å². The molecule has 1 saturated heterocycles. The van der Waals surface area contributed by atoms with Crippen LogP contribution in [0.2, 0.25) is 0 Å². The molecular formula is C20H26F3N3OS. The highest BCUT2D eigenvalue weighted by atomic mass is 32.2. The Hall–Kier alpha value is -1.70. The summed E-state index contributed by atoms with van der Waals surface area (Å²) in [5.41, 5.74) is -0.586. The van der Waals surface area contributed by atoms with Crippen molar-refractivity contribution in [3.8, 4) is 0 Å². The molecule has 0 N–H and O–H groups in total. The highest BCUT2D eigenvalue weighted by Gasteiger charge is 2.36. The van der Waals surface area contributed by atoms with Crippen LogP contribution in [0.4, 0.5) is 13.2 Å². The molecule has 1 saturated carbocycles. The topological polar surface area (TPSA) is 35.9 Å². The van der Waals surface area contributed by atoms with Crippen LogP contribution in [0.3, 0.4) is 0 Å². The van der Waals surface area contributed by atoms with Crippen molar-refractivity contribution in [3.05, 3.63) is 35.4 Å². The first kappa shape index (κ1) is 21.0. The van der Waals surface area contributed by atoms with E-state index in [-0.39, 0.29) is 18.3 Å². The van der Waals surface area contributed by atoms with E-state index in [1.54, 1.807) is 17.8 Å². The monoisotopic (exact) mass is 413 g/mol. The fourth-order valence-electron chi connectivity index (χ4n) is 3.82. The number of thioether (sulfide) groups is 1. The number of hydrogen-bond acceptors (Lipinski definition) is 3. The lowest BCUT2D eigenvalue weighted by molar-refractivity contribution is -0.139. The molecule has 1 aliphatic carbocycles. The van der Waals surface area contributed by atoms with E-state index in [2.05, 4.69) is 0 Å². The number of nitrogens with zero attached hydrogens (tertiary/aromatic N) is 3. The molecule has 1 atom stereocenters. The second-order valence-corrected chi connectivity index (χ2v) is 8.38. The summed E-state index contributed by atoms with van der Waals surface area (Å²) < 4.78 is 39.8. The summed E-state index contributed by atoms with van der Waals surface area (Å²) in [7, 11) is 1.87. The van der Waals surface area contributed by atoms with E-state index in [9.17, 15) is 18.0 Å². The van der Waals surface area contributed by atoms with Gasteiger partial charge in [-0.25, -0.2) is 0 Å². The standard InChI is InChI=1S/C20H26F3N3OS/c1-25-18(13-28-19(25)24-16-9-4-2-3-5-10-16)26(14-27)12-15-8-6-7-11-17(15)20(21,22)23/h6-8,11,14,16,18H,2-5,9-10,12-13H2,1H3. The van der Waals surface area contributed by atoms with Crippen molar-refractivity contribution in [2.45, 2.75) is 63.5 Å². The van der Waals surface area contributed by atoms with Crippen molar-refractivity contribution in [1.82, 2.24) is 9.80 Å². The van der Waals surface area contributed by atoms with Crippen LogP contribution in [0.25, 0.3) is 0 Å². The zero-order valence-corrected chi connectivity index (χ0v) is 16.8. The molecule has 0 aromatic heterocycles. The maximum Gasteiger partial charge on any atom is 0.416 e. The third kappa shape index (κ3) is 5.01. The zero-order valence-electron chi connectivity index (χ0n) is 16.0. The Morgan fingerprint density at radius 3 is 2.54 bits per heavy atom. The summed E-state index contributed by atoms with van der Waals surface area (Å²) in [6, 6.07) is 5.74. The molecule has 1 amide bonds. The maximum absolute atomic E-state index is 13.3. The van der Waals surface area contributed by atoms with E-state index in [1.165, 1.54) is 42.7 Å². The molecule has 3 rings (SSSR count). The first-order valence-corrected chi connectivity index (χ1v) is 10.7. The second-order valence-electron chi connectivity index (χ2n) is 7.39. The molecule has 0 radical (unpaired) electrons. The number of halogens is 3. The summed E-state index contributed by atoms with van der Waals surface area (Å²) >= 11 is 1.58. The molecule has 8 heteroatoms. The van der Waals surface area contributed by atoms with Crippen molar-refractivity contribution < 1.29 is 18.0 Å². The first-order valence-electron chi connectivity index (χ1n) is 9.69. The average molecular weight is 414 g/mol. The molecule has 4 nitrogen and oxygen atoms in total. The Labute approximate surface area is 168 Å². The zero-order chi connectivity index (χ0) is 20.1. The molecule has 28 heavy (non-hydrogen) atoms.